The van der Waals surface area contributed by atoms with E-state index in [0.29, 0.717) is 0 Å². The molecule has 3 aromatic rings. The molecule has 0 N–H and O–H groups in total. The van der Waals surface area contributed by atoms with E-state index in [1.54, 1.807) is 0 Å². The molecule has 1 unspecified atom stereocenters. The van der Waals surface area contributed by atoms with Crippen LogP contribution in [-0.4, -0.2) is 20.6 Å². The van der Waals surface area contributed by atoms with Crippen molar-refractivity contribution in [3.05, 3.63) is 58.5 Å². The van der Waals surface area contributed by atoms with Crippen LogP contribution in [0, 0.1) is 0 Å². The van der Waals surface area contributed by atoms with Crippen molar-refractivity contribution >= 4 is 27.1 Å². The second-order valence-corrected chi connectivity index (χ2v) is 6.38. The van der Waals surface area contributed by atoms with Crippen LogP contribution in [0.3, 0.4) is 0 Å². The summed E-state index contributed by atoms with van der Waals surface area (Å²) in [5.41, 5.74) is 3.12. The largest absolute Gasteiger partial charge is 0.364 e. The normalized spacial score (nSPS) is 26.4. The number of nitrogens with zero attached hydrogens (tertiary/aromatic N) is 3. The van der Waals surface area contributed by atoms with E-state index in [4.69, 9.17) is 9.72 Å². The Bertz CT molecular complexity index is 839. The number of hydrogen-bond donors (Lipinski definition) is 0. The zero-order valence-electron chi connectivity index (χ0n) is 11.1. The molecule has 1 aromatic carbocycles. The van der Waals surface area contributed by atoms with Crippen LogP contribution in [0.4, 0.5) is 0 Å². The van der Waals surface area contributed by atoms with Crippen molar-refractivity contribution in [3.8, 4) is 0 Å². The number of halogens is 1. The van der Waals surface area contributed by atoms with Crippen LogP contribution in [0.25, 0.3) is 11.2 Å². The lowest BCUT2D eigenvalue weighted by atomic mass is 9.88. The minimum atomic E-state index is 0.128. The Labute approximate surface area is 129 Å². The molecule has 0 amide bonds. The van der Waals surface area contributed by atoms with E-state index in [1.165, 1.54) is 5.56 Å². The fourth-order valence-corrected chi connectivity index (χ4v) is 3.73. The smallest absolute Gasteiger partial charge is 0.162 e. The first kappa shape index (κ1) is 11.9. The summed E-state index contributed by atoms with van der Waals surface area (Å²) in [7, 11) is 0. The van der Waals surface area contributed by atoms with E-state index >= 15 is 0 Å². The predicted octanol–water partition coefficient (Wildman–Crippen LogP) is 3.63. The van der Waals surface area contributed by atoms with Gasteiger partial charge in [0, 0.05) is 6.42 Å². The van der Waals surface area contributed by atoms with Gasteiger partial charge in [0.1, 0.15) is 22.0 Å². The first-order valence-corrected chi connectivity index (χ1v) is 7.85. The molecule has 104 valence electrons. The van der Waals surface area contributed by atoms with E-state index < -0.39 is 0 Å². The molecule has 0 saturated carbocycles. The van der Waals surface area contributed by atoms with Gasteiger partial charge in [-0.05, 0) is 33.6 Å². The summed E-state index contributed by atoms with van der Waals surface area (Å²) in [5, 5.41) is 0. The zero-order chi connectivity index (χ0) is 14.0. The van der Waals surface area contributed by atoms with Gasteiger partial charge in [0.15, 0.2) is 5.65 Å². The maximum absolute atomic E-state index is 6.01. The van der Waals surface area contributed by atoms with Crippen LogP contribution >= 0.6 is 15.9 Å². The Balaban J connectivity index is 1.80. The Hall–Kier alpha value is -1.72. The average Bonchev–Trinajstić information content (AvgIpc) is 2.85. The fraction of sp³-hybridized carbons (Fsp3) is 0.250. The third kappa shape index (κ3) is 1.59. The van der Waals surface area contributed by atoms with E-state index in [-0.39, 0.29) is 18.2 Å². The third-order valence-corrected chi connectivity index (χ3v) is 4.82. The minimum Gasteiger partial charge on any atom is -0.364 e. The molecule has 4 nitrogen and oxygen atoms in total. The highest BCUT2D eigenvalue weighted by Gasteiger charge is 2.48. The summed E-state index contributed by atoms with van der Waals surface area (Å²) in [4.78, 5) is 9.38. The molecule has 3 aliphatic heterocycles. The van der Waals surface area contributed by atoms with Gasteiger partial charge < -0.3 is 9.30 Å². The highest BCUT2D eigenvalue weighted by molar-refractivity contribution is 9.10. The molecule has 21 heavy (non-hydrogen) atoms. The molecule has 5 heteroatoms. The van der Waals surface area contributed by atoms with Crippen LogP contribution in [0.5, 0.6) is 0 Å². The molecule has 1 saturated heterocycles. The summed E-state index contributed by atoms with van der Waals surface area (Å²) in [6.07, 6.45) is 1.40. The number of hydrogen-bond acceptors (Lipinski definition) is 3. The number of aromatic nitrogens is 3. The van der Waals surface area contributed by atoms with Crippen LogP contribution in [0.1, 0.15) is 30.0 Å². The molecule has 3 atom stereocenters. The van der Waals surface area contributed by atoms with Gasteiger partial charge >= 0.3 is 0 Å². The maximum atomic E-state index is 6.01. The summed E-state index contributed by atoms with van der Waals surface area (Å²) >= 11 is 3.46. The van der Waals surface area contributed by atoms with Crippen molar-refractivity contribution in [1.82, 2.24) is 14.5 Å². The quantitative estimate of drug-likeness (QED) is 0.634. The number of imidazole rings is 1. The Morgan fingerprint density at radius 3 is 2.71 bits per heavy atom. The van der Waals surface area contributed by atoms with Gasteiger partial charge in [-0.3, -0.25) is 0 Å². The lowest BCUT2D eigenvalue weighted by Crippen LogP contribution is -2.46. The van der Waals surface area contributed by atoms with Crippen molar-refractivity contribution in [3.63, 3.8) is 0 Å². The molecule has 5 heterocycles. The van der Waals surface area contributed by atoms with Crippen molar-refractivity contribution in [2.45, 2.75) is 24.7 Å². The van der Waals surface area contributed by atoms with Crippen molar-refractivity contribution in [2.75, 3.05) is 0 Å². The first-order chi connectivity index (χ1) is 10.3. The monoisotopic (exact) mass is 341 g/mol. The van der Waals surface area contributed by atoms with Crippen molar-refractivity contribution in [2.24, 2.45) is 0 Å². The van der Waals surface area contributed by atoms with Crippen LogP contribution in [0.2, 0.25) is 0 Å². The molecule has 1 fully saturated rings. The highest BCUT2D eigenvalue weighted by atomic mass is 79.9. The standard InChI is InChI=1S/C16H12BrN3O/c17-13-7-6-10-15(19-13)20-14(9-4-2-1-3-5-9)11-8-12(21-11)16(20)18-10/h1-7,11-12,14H,8H2/t11?,12-,14+/m0/s1. The van der Waals surface area contributed by atoms with Gasteiger partial charge in [-0.2, -0.15) is 0 Å². The Morgan fingerprint density at radius 1 is 1.10 bits per heavy atom. The summed E-state index contributed by atoms with van der Waals surface area (Å²) < 4.78 is 9.10. The Morgan fingerprint density at radius 2 is 1.90 bits per heavy atom. The molecule has 0 spiro atoms. The van der Waals surface area contributed by atoms with E-state index in [9.17, 15) is 0 Å². The molecule has 3 aliphatic rings. The summed E-state index contributed by atoms with van der Waals surface area (Å²) in [6.45, 7) is 0. The zero-order valence-corrected chi connectivity index (χ0v) is 12.7. The van der Waals surface area contributed by atoms with E-state index in [0.717, 1.165) is 28.0 Å². The average molecular weight is 342 g/mol. The summed E-state index contributed by atoms with van der Waals surface area (Å²) in [5.74, 6) is 1.01. The summed E-state index contributed by atoms with van der Waals surface area (Å²) in [6, 6.07) is 14.6. The number of ether oxygens (including phenoxy) is 1. The molecular formula is C16H12BrN3O. The molecule has 2 aromatic heterocycles. The van der Waals surface area contributed by atoms with Gasteiger partial charge in [0.25, 0.3) is 0 Å². The van der Waals surface area contributed by atoms with Crippen molar-refractivity contribution < 1.29 is 4.74 Å². The molecule has 2 bridgehead atoms. The number of fused-ring (bicyclic) bond motifs is 1. The SMILES string of the molecule is Brc1ccc2nc3n(c2n1)[C@H](c1ccccc1)C1C[C@@H]3O1. The number of benzene rings is 1. The number of rotatable bonds is 1. The molecule has 0 radical (unpaired) electrons. The van der Waals surface area contributed by atoms with Gasteiger partial charge in [-0.1, -0.05) is 30.3 Å². The molecule has 6 rings (SSSR count). The second-order valence-electron chi connectivity index (χ2n) is 5.57. The predicted molar refractivity (Wildman–Crippen MR) is 82.0 cm³/mol. The molecular weight excluding hydrogens is 330 g/mol. The van der Waals surface area contributed by atoms with Gasteiger partial charge in [0.05, 0.1) is 12.1 Å². The highest BCUT2D eigenvalue weighted by Crippen LogP contribution is 2.49. The van der Waals surface area contributed by atoms with Gasteiger partial charge in [0.2, 0.25) is 0 Å². The second kappa shape index (κ2) is 4.15. The van der Waals surface area contributed by atoms with E-state index in [2.05, 4.69) is 49.7 Å². The van der Waals surface area contributed by atoms with Crippen LogP contribution < -0.4 is 0 Å². The topological polar surface area (TPSA) is 39.9 Å². The first-order valence-electron chi connectivity index (χ1n) is 7.06. The van der Waals surface area contributed by atoms with Crippen LogP contribution in [-0.2, 0) is 4.74 Å². The minimum absolute atomic E-state index is 0.128. The number of pyridine rings is 1. The Kier molecular flexibility index (Phi) is 2.35. The van der Waals surface area contributed by atoms with Crippen LogP contribution in [0.15, 0.2) is 47.1 Å². The van der Waals surface area contributed by atoms with Crippen molar-refractivity contribution in [1.29, 1.82) is 0 Å². The third-order valence-electron chi connectivity index (χ3n) is 4.38. The lowest BCUT2D eigenvalue weighted by Gasteiger charge is -2.46. The van der Waals surface area contributed by atoms with Gasteiger partial charge in [-0.25, -0.2) is 9.97 Å². The maximum Gasteiger partial charge on any atom is 0.162 e. The fourth-order valence-electron chi connectivity index (χ4n) is 3.43. The lowest BCUT2D eigenvalue weighted by molar-refractivity contribution is -0.168. The molecule has 0 aliphatic carbocycles. The van der Waals surface area contributed by atoms with Gasteiger partial charge in [-0.15, -0.1) is 0 Å². The van der Waals surface area contributed by atoms with E-state index in [1.807, 2.05) is 18.2 Å².